The Labute approximate surface area is 95.8 Å². The van der Waals surface area contributed by atoms with Crippen LogP contribution in [0.2, 0.25) is 0 Å². The van der Waals surface area contributed by atoms with Gasteiger partial charge in [-0.2, -0.15) is 0 Å². The Balaban J connectivity index is 2.00. The van der Waals surface area contributed by atoms with E-state index in [1.54, 1.807) is 0 Å². The number of amides is 1. The van der Waals surface area contributed by atoms with E-state index in [1.165, 1.54) is 6.42 Å². The molecule has 2 saturated heterocycles. The highest BCUT2D eigenvalue weighted by molar-refractivity contribution is 8.01. The summed E-state index contributed by atoms with van der Waals surface area (Å²) in [7, 11) is 0. The molecule has 86 valence electrons. The Morgan fingerprint density at radius 1 is 1.53 bits per heavy atom. The van der Waals surface area contributed by atoms with Crippen LogP contribution in [0.15, 0.2) is 0 Å². The third kappa shape index (κ3) is 2.31. The number of nitrogens with zero attached hydrogens (tertiary/aromatic N) is 1. The van der Waals surface area contributed by atoms with Crippen molar-refractivity contribution < 1.29 is 4.79 Å². The van der Waals surface area contributed by atoms with Gasteiger partial charge in [-0.1, -0.05) is 0 Å². The van der Waals surface area contributed by atoms with Gasteiger partial charge in [0.15, 0.2) is 0 Å². The minimum Gasteiger partial charge on any atom is -0.340 e. The van der Waals surface area contributed by atoms with Gasteiger partial charge in [0.25, 0.3) is 0 Å². The lowest BCUT2D eigenvalue weighted by Gasteiger charge is -2.36. The summed E-state index contributed by atoms with van der Waals surface area (Å²) in [5.74, 6) is 1.45. The summed E-state index contributed by atoms with van der Waals surface area (Å²) in [5.41, 5.74) is 5.90. The Morgan fingerprint density at radius 2 is 2.33 bits per heavy atom. The molecule has 0 aromatic rings. The predicted molar refractivity (Wildman–Crippen MR) is 63.9 cm³/mol. The molecule has 2 N–H and O–H groups in total. The Hall–Kier alpha value is -0.220. The maximum absolute atomic E-state index is 12.3. The fraction of sp³-hybridized carbons (Fsp3) is 0.909. The van der Waals surface area contributed by atoms with Crippen LogP contribution in [0, 0.1) is 0 Å². The number of piperidine rings is 1. The van der Waals surface area contributed by atoms with Crippen LogP contribution in [0.25, 0.3) is 0 Å². The molecular formula is C11H20N2OS. The molecule has 0 aromatic carbocycles. The highest BCUT2D eigenvalue weighted by atomic mass is 32.2. The van der Waals surface area contributed by atoms with E-state index in [0.29, 0.717) is 5.91 Å². The lowest BCUT2D eigenvalue weighted by atomic mass is 10.0. The van der Waals surface area contributed by atoms with E-state index >= 15 is 0 Å². The largest absolute Gasteiger partial charge is 0.340 e. The van der Waals surface area contributed by atoms with E-state index < -0.39 is 0 Å². The van der Waals surface area contributed by atoms with Crippen LogP contribution in [-0.4, -0.2) is 40.4 Å². The molecular weight excluding hydrogens is 208 g/mol. The molecule has 2 aliphatic heterocycles. The Bertz CT molecular complexity index is 251. The van der Waals surface area contributed by atoms with E-state index in [9.17, 15) is 4.79 Å². The Morgan fingerprint density at radius 3 is 2.93 bits per heavy atom. The van der Waals surface area contributed by atoms with Gasteiger partial charge in [-0.3, -0.25) is 4.79 Å². The van der Waals surface area contributed by atoms with Crippen molar-refractivity contribution in [1.82, 2.24) is 4.90 Å². The SMILES string of the molecule is CC1(C(=O)N2CCC[C@@H](N)C2)CCCS1. The second kappa shape index (κ2) is 4.34. The van der Waals surface area contributed by atoms with Crippen molar-refractivity contribution in [2.45, 2.75) is 43.4 Å². The summed E-state index contributed by atoms with van der Waals surface area (Å²) < 4.78 is -0.156. The van der Waals surface area contributed by atoms with E-state index in [4.69, 9.17) is 5.73 Å². The van der Waals surface area contributed by atoms with Crippen LogP contribution in [0.1, 0.15) is 32.6 Å². The molecule has 2 aliphatic rings. The zero-order valence-corrected chi connectivity index (χ0v) is 10.2. The predicted octanol–water partition coefficient (Wildman–Crippen LogP) is 1.22. The third-order valence-corrected chi connectivity index (χ3v) is 4.92. The van der Waals surface area contributed by atoms with Gasteiger partial charge in [-0.25, -0.2) is 0 Å². The lowest BCUT2D eigenvalue weighted by molar-refractivity contribution is -0.134. The van der Waals surface area contributed by atoms with Crippen molar-refractivity contribution in [3.05, 3.63) is 0 Å². The summed E-state index contributed by atoms with van der Waals surface area (Å²) >= 11 is 1.82. The molecule has 0 aliphatic carbocycles. The normalized spacial score (nSPS) is 36.9. The van der Waals surface area contributed by atoms with Crippen LogP contribution in [-0.2, 0) is 4.79 Å². The van der Waals surface area contributed by atoms with Crippen molar-refractivity contribution >= 4 is 17.7 Å². The standard InChI is InChI=1S/C11H20N2OS/c1-11(5-3-7-15-11)10(14)13-6-2-4-9(12)8-13/h9H,2-8,12H2,1H3/t9-,11?/m1/s1. The molecule has 3 nitrogen and oxygen atoms in total. The molecule has 0 bridgehead atoms. The highest BCUT2D eigenvalue weighted by Gasteiger charge is 2.40. The van der Waals surface area contributed by atoms with Crippen molar-refractivity contribution in [3.63, 3.8) is 0 Å². The number of carbonyl (C=O) groups is 1. The van der Waals surface area contributed by atoms with E-state index in [1.807, 2.05) is 16.7 Å². The first-order valence-corrected chi connectivity index (χ1v) is 6.79. The molecule has 2 atom stereocenters. The van der Waals surface area contributed by atoms with Crippen LogP contribution in [0.5, 0.6) is 0 Å². The van der Waals surface area contributed by atoms with Gasteiger partial charge in [0.05, 0.1) is 4.75 Å². The summed E-state index contributed by atoms with van der Waals surface area (Å²) in [6, 6.07) is 0.192. The summed E-state index contributed by atoms with van der Waals surface area (Å²) in [6.07, 6.45) is 4.33. The maximum Gasteiger partial charge on any atom is 0.238 e. The monoisotopic (exact) mass is 228 g/mol. The second-order valence-corrected chi connectivity index (χ2v) is 6.43. The molecule has 4 heteroatoms. The van der Waals surface area contributed by atoms with Crippen LogP contribution < -0.4 is 5.73 Å². The van der Waals surface area contributed by atoms with Crippen molar-refractivity contribution in [1.29, 1.82) is 0 Å². The van der Waals surface area contributed by atoms with Gasteiger partial charge in [0.2, 0.25) is 5.91 Å². The lowest BCUT2D eigenvalue weighted by Crippen LogP contribution is -2.51. The van der Waals surface area contributed by atoms with Gasteiger partial charge in [-0.15, -0.1) is 11.8 Å². The first kappa shape index (κ1) is 11.3. The number of carbonyl (C=O) groups excluding carboxylic acids is 1. The van der Waals surface area contributed by atoms with Gasteiger partial charge in [0, 0.05) is 19.1 Å². The molecule has 0 aromatic heterocycles. The average molecular weight is 228 g/mol. The molecule has 2 fully saturated rings. The van der Waals surface area contributed by atoms with Crippen LogP contribution >= 0.6 is 11.8 Å². The average Bonchev–Trinajstić information content (AvgIpc) is 2.65. The Kier molecular flexibility index (Phi) is 3.26. The first-order valence-electron chi connectivity index (χ1n) is 5.81. The van der Waals surface area contributed by atoms with Gasteiger partial charge in [-0.05, 0) is 38.4 Å². The molecule has 2 rings (SSSR count). The number of nitrogens with two attached hydrogens (primary N) is 1. The van der Waals surface area contributed by atoms with E-state index in [2.05, 4.69) is 6.92 Å². The zero-order valence-electron chi connectivity index (χ0n) is 9.37. The molecule has 0 saturated carbocycles. The summed E-state index contributed by atoms with van der Waals surface area (Å²) in [4.78, 5) is 14.3. The summed E-state index contributed by atoms with van der Waals surface area (Å²) in [6.45, 7) is 3.75. The molecule has 15 heavy (non-hydrogen) atoms. The van der Waals surface area contributed by atoms with Gasteiger partial charge < -0.3 is 10.6 Å². The first-order chi connectivity index (χ1) is 7.12. The number of likely N-dealkylation sites (tertiary alicyclic amines) is 1. The van der Waals surface area contributed by atoms with Gasteiger partial charge in [0.1, 0.15) is 0 Å². The molecule has 0 spiro atoms. The number of hydrogen-bond donors (Lipinski definition) is 1. The second-order valence-electron chi connectivity index (χ2n) is 4.84. The highest BCUT2D eigenvalue weighted by Crippen LogP contribution is 2.39. The van der Waals surface area contributed by atoms with Crippen LogP contribution in [0.3, 0.4) is 0 Å². The van der Waals surface area contributed by atoms with Crippen molar-refractivity contribution in [2.75, 3.05) is 18.8 Å². The number of rotatable bonds is 1. The fourth-order valence-corrected chi connectivity index (χ4v) is 3.76. The minimum atomic E-state index is -0.156. The van der Waals surface area contributed by atoms with Crippen LogP contribution in [0.4, 0.5) is 0 Å². The quantitative estimate of drug-likeness (QED) is 0.734. The molecule has 2 heterocycles. The van der Waals surface area contributed by atoms with E-state index in [-0.39, 0.29) is 10.8 Å². The fourth-order valence-electron chi connectivity index (χ4n) is 2.48. The number of thioether (sulfide) groups is 1. The van der Waals surface area contributed by atoms with Crippen molar-refractivity contribution in [2.24, 2.45) is 5.73 Å². The maximum atomic E-state index is 12.3. The zero-order chi connectivity index (χ0) is 10.9. The smallest absolute Gasteiger partial charge is 0.238 e. The molecule has 1 amide bonds. The minimum absolute atomic E-state index is 0.156. The van der Waals surface area contributed by atoms with E-state index in [0.717, 1.165) is 38.1 Å². The molecule has 0 radical (unpaired) electrons. The third-order valence-electron chi connectivity index (χ3n) is 3.42. The number of hydrogen-bond acceptors (Lipinski definition) is 3. The topological polar surface area (TPSA) is 46.3 Å². The molecule has 1 unspecified atom stereocenters. The van der Waals surface area contributed by atoms with Crippen molar-refractivity contribution in [3.8, 4) is 0 Å². The van der Waals surface area contributed by atoms with Gasteiger partial charge >= 0.3 is 0 Å². The summed E-state index contributed by atoms with van der Waals surface area (Å²) in [5, 5.41) is 0.